The summed E-state index contributed by atoms with van der Waals surface area (Å²) in [5.41, 5.74) is 2.82. The van der Waals surface area contributed by atoms with Crippen molar-refractivity contribution in [2.45, 2.75) is 26.7 Å². The molecular weight excluding hydrogens is 144 g/mol. The highest BCUT2D eigenvalue weighted by molar-refractivity contribution is 5.53. The molecule has 0 aliphatic rings. The summed E-state index contributed by atoms with van der Waals surface area (Å²) in [6.07, 6.45) is 6.66. The minimum atomic E-state index is 1.18. The second kappa shape index (κ2) is 4.76. The molecule has 64 valence electrons. The Morgan fingerprint density at radius 2 is 2.00 bits per heavy atom. The number of aryl methyl sites for hydroxylation is 1. The lowest BCUT2D eigenvalue weighted by atomic mass is 10.0. The van der Waals surface area contributed by atoms with E-state index in [-0.39, 0.29) is 0 Å². The molecule has 1 rings (SSSR count). The van der Waals surface area contributed by atoms with E-state index in [2.05, 4.69) is 50.3 Å². The Hall–Kier alpha value is -1.04. The Labute approximate surface area is 74.9 Å². The van der Waals surface area contributed by atoms with Gasteiger partial charge in [0.15, 0.2) is 0 Å². The van der Waals surface area contributed by atoms with E-state index in [4.69, 9.17) is 0 Å². The van der Waals surface area contributed by atoms with E-state index < -0.39 is 0 Å². The molecule has 0 atom stereocenters. The number of allylic oxidation sites excluding steroid dienone is 1. The Bertz CT molecular complexity index is 258. The summed E-state index contributed by atoms with van der Waals surface area (Å²) in [4.78, 5) is 0. The van der Waals surface area contributed by atoms with Crippen molar-refractivity contribution in [3.63, 3.8) is 0 Å². The molecule has 0 N–H and O–H groups in total. The summed E-state index contributed by atoms with van der Waals surface area (Å²) in [6.45, 7) is 4.27. The molecule has 1 aromatic rings. The van der Waals surface area contributed by atoms with Crippen molar-refractivity contribution in [2.24, 2.45) is 0 Å². The molecule has 0 heteroatoms. The number of rotatable bonds is 3. The van der Waals surface area contributed by atoms with E-state index in [1.54, 1.807) is 0 Å². The average Bonchev–Trinajstić information content (AvgIpc) is 2.09. The minimum absolute atomic E-state index is 1.18. The lowest BCUT2D eigenvalue weighted by Gasteiger charge is -2.02. The Balaban J connectivity index is 2.91. The van der Waals surface area contributed by atoms with Crippen molar-refractivity contribution in [3.8, 4) is 0 Å². The molecule has 0 aliphatic carbocycles. The van der Waals surface area contributed by atoms with Crippen LogP contribution in [-0.2, 0) is 6.42 Å². The normalized spacial score (nSPS) is 10.8. The summed E-state index contributed by atoms with van der Waals surface area (Å²) >= 11 is 0. The Kier molecular flexibility index (Phi) is 3.59. The molecule has 0 saturated carbocycles. The molecule has 0 saturated heterocycles. The van der Waals surface area contributed by atoms with Gasteiger partial charge in [-0.15, -0.1) is 0 Å². The molecule has 0 spiro atoms. The van der Waals surface area contributed by atoms with E-state index in [0.717, 1.165) is 0 Å². The summed E-state index contributed by atoms with van der Waals surface area (Å²) in [6, 6.07) is 8.58. The molecule has 1 aromatic carbocycles. The van der Waals surface area contributed by atoms with Crippen molar-refractivity contribution in [2.75, 3.05) is 0 Å². The summed E-state index contributed by atoms with van der Waals surface area (Å²) in [7, 11) is 0. The highest BCUT2D eigenvalue weighted by Crippen LogP contribution is 2.12. The van der Waals surface area contributed by atoms with Gasteiger partial charge in [-0.2, -0.15) is 0 Å². The molecule has 0 radical (unpaired) electrons. The standard InChI is InChI=1S/C12H16/c1-3-7-11-9-5-6-10-12(11)8-4-2/h3,5-7,9-10H,4,8H2,1-2H3. The van der Waals surface area contributed by atoms with Crippen LogP contribution in [0.25, 0.3) is 6.08 Å². The van der Waals surface area contributed by atoms with Crippen LogP contribution in [0, 0.1) is 0 Å². The van der Waals surface area contributed by atoms with Crippen molar-refractivity contribution in [1.29, 1.82) is 0 Å². The van der Waals surface area contributed by atoms with Gasteiger partial charge in [-0.3, -0.25) is 0 Å². The predicted molar refractivity (Wildman–Crippen MR) is 55.1 cm³/mol. The third-order valence-corrected chi connectivity index (χ3v) is 1.92. The van der Waals surface area contributed by atoms with Crippen molar-refractivity contribution >= 4 is 6.08 Å². The van der Waals surface area contributed by atoms with Crippen LogP contribution in [0.3, 0.4) is 0 Å². The average molecular weight is 160 g/mol. The smallest absolute Gasteiger partial charge is 0.0228 e. The van der Waals surface area contributed by atoms with E-state index in [1.165, 1.54) is 24.0 Å². The highest BCUT2D eigenvalue weighted by atomic mass is 14.0. The van der Waals surface area contributed by atoms with Gasteiger partial charge in [-0.05, 0) is 24.5 Å². The maximum atomic E-state index is 2.21. The van der Waals surface area contributed by atoms with Crippen LogP contribution in [-0.4, -0.2) is 0 Å². The SMILES string of the molecule is CC=Cc1ccccc1CCC. The van der Waals surface area contributed by atoms with E-state index in [1.807, 2.05) is 0 Å². The zero-order valence-corrected chi connectivity index (χ0v) is 7.88. The third kappa shape index (κ3) is 2.23. The van der Waals surface area contributed by atoms with Crippen molar-refractivity contribution < 1.29 is 0 Å². The summed E-state index contributed by atoms with van der Waals surface area (Å²) in [5.74, 6) is 0. The molecule has 0 heterocycles. The van der Waals surface area contributed by atoms with Gasteiger partial charge in [0.25, 0.3) is 0 Å². The van der Waals surface area contributed by atoms with E-state index in [9.17, 15) is 0 Å². The minimum Gasteiger partial charge on any atom is -0.0871 e. The van der Waals surface area contributed by atoms with Crippen molar-refractivity contribution in [3.05, 3.63) is 41.5 Å². The van der Waals surface area contributed by atoms with Crippen LogP contribution in [0.1, 0.15) is 31.4 Å². The second-order valence-corrected chi connectivity index (χ2v) is 2.95. The zero-order valence-electron chi connectivity index (χ0n) is 7.88. The van der Waals surface area contributed by atoms with E-state index >= 15 is 0 Å². The number of benzene rings is 1. The van der Waals surface area contributed by atoms with Gasteiger partial charge in [-0.25, -0.2) is 0 Å². The van der Waals surface area contributed by atoms with Gasteiger partial charge >= 0.3 is 0 Å². The molecule has 0 unspecified atom stereocenters. The highest BCUT2D eigenvalue weighted by Gasteiger charge is 1.95. The van der Waals surface area contributed by atoms with Gasteiger partial charge in [0.1, 0.15) is 0 Å². The lowest BCUT2D eigenvalue weighted by Crippen LogP contribution is -1.86. The maximum absolute atomic E-state index is 2.21. The first-order chi connectivity index (χ1) is 5.88. The lowest BCUT2D eigenvalue weighted by molar-refractivity contribution is 0.919. The van der Waals surface area contributed by atoms with Crippen LogP contribution in [0.2, 0.25) is 0 Å². The Morgan fingerprint density at radius 3 is 2.67 bits per heavy atom. The topological polar surface area (TPSA) is 0 Å². The molecular formula is C12H16. The first-order valence-corrected chi connectivity index (χ1v) is 4.59. The molecule has 0 aliphatic heterocycles. The van der Waals surface area contributed by atoms with Crippen molar-refractivity contribution in [1.82, 2.24) is 0 Å². The largest absolute Gasteiger partial charge is 0.0871 e. The second-order valence-electron chi connectivity index (χ2n) is 2.95. The fourth-order valence-corrected chi connectivity index (χ4v) is 1.37. The fraction of sp³-hybridized carbons (Fsp3) is 0.333. The first-order valence-electron chi connectivity index (χ1n) is 4.59. The van der Waals surface area contributed by atoms with Gasteiger partial charge in [-0.1, -0.05) is 49.8 Å². The fourth-order valence-electron chi connectivity index (χ4n) is 1.37. The maximum Gasteiger partial charge on any atom is -0.0228 e. The molecule has 12 heavy (non-hydrogen) atoms. The molecule has 0 amide bonds. The quantitative estimate of drug-likeness (QED) is 0.633. The molecule has 0 aromatic heterocycles. The molecule has 0 nitrogen and oxygen atoms in total. The summed E-state index contributed by atoms with van der Waals surface area (Å²) in [5, 5.41) is 0. The van der Waals surface area contributed by atoms with Crippen LogP contribution in [0.5, 0.6) is 0 Å². The van der Waals surface area contributed by atoms with Gasteiger partial charge in [0, 0.05) is 0 Å². The monoisotopic (exact) mass is 160 g/mol. The molecule has 0 fully saturated rings. The van der Waals surface area contributed by atoms with Crippen LogP contribution in [0.4, 0.5) is 0 Å². The summed E-state index contributed by atoms with van der Waals surface area (Å²) < 4.78 is 0. The van der Waals surface area contributed by atoms with E-state index in [0.29, 0.717) is 0 Å². The first kappa shape index (κ1) is 9.05. The Morgan fingerprint density at radius 1 is 1.25 bits per heavy atom. The van der Waals surface area contributed by atoms with Gasteiger partial charge in [0.2, 0.25) is 0 Å². The predicted octanol–water partition coefficient (Wildman–Crippen LogP) is 3.67. The van der Waals surface area contributed by atoms with Crippen LogP contribution < -0.4 is 0 Å². The number of hydrogen-bond acceptors (Lipinski definition) is 0. The zero-order chi connectivity index (χ0) is 8.81. The molecule has 0 bridgehead atoms. The van der Waals surface area contributed by atoms with Gasteiger partial charge < -0.3 is 0 Å². The number of hydrogen-bond donors (Lipinski definition) is 0. The van der Waals surface area contributed by atoms with Crippen LogP contribution >= 0.6 is 0 Å². The van der Waals surface area contributed by atoms with Gasteiger partial charge in [0.05, 0.1) is 0 Å². The third-order valence-electron chi connectivity index (χ3n) is 1.92. The van der Waals surface area contributed by atoms with Crippen LogP contribution in [0.15, 0.2) is 30.3 Å².